The molecule has 96 valence electrons. The predicted molar refractivity (Wildman–Crippen MR) is 80.4 cm³/mol. The molecule has 2 nitrogen and oxygen atoms in total. The van der Waals surface area contributed by atoms with Crippen LogP contribution >= 0.6 is 27.3 Å². The van der Waals surface area contributed by atoms with E-state index in [0.29, 0.717) is 6.61 Å². The van der Waals surface area contributed by atoms with Gasteiger partial charge in [0.05, 0.1) is 4.47 Å². The first-order valence-corrected chi connectivity index (χ1v) is 7.50. The van der Waals surface area contributed by atoms with E-state index in [1.54, 1.807) is 0 Å². The van der Waals surface area contributed by atoms with Gasteiger partial charge in [0.15, 0.2) is 0 Å². The first-order valence-electron chi connectivity index (χ1n) is 5.89. The van der Waals surface area contributed by atoms with Gasteiger partial charge in [0.25, 0.3) is 0 Å². The van der Waals surface area contributed by atoms with E-state index in [0.717, 1.165) is 23.3 Å². The minimum atomic E-state index is 0.674. The molecular weight excluding hydrogens is 310 g/mol. The highest BCUT2D eigenvalue weighted by Crippen LogP contribution is 2.23. The summed E-state index contributed by atoms with van der Waals surface area (Å²) in [4.78, 5) is 2.73. The number of rotatable bonds is 6. The monoisotopic (exact) mass is 325 g/mol. The Balaban J connectivity index is 1.66. The van der Waals surface area contributed by atoms with Gasteiger partial charge in [-0.2, -0.15) is 0 Å². The van der Waals surface area contributed by atoms with E-state index in [9.17, 15) is 0 Å². The number of benzene rings is 1. The number of hydrogen-bond donors (Lipinski definition) is 1. The molecule has 0 saturated heterocycles. The normalized spacial score (nSPS) is 10.6. The molecule has 0 spiro atoms. The third-order valence-electron chi connectivity index (χ3n) is 2.47. The number of halogens is 1. The van der Waals surface area contributed by atoms with E-state index in [-0.39, 0.29) is 0 Å². The van der Waals surface area contributed by atoms with Crippen LogP contribution in [-0.4, -0.2) is 13.2 Å². The number of aryl methyl sites for hydroxylation is 1. The van der Waals surface area contributed by atoms with Gasteiger partial charge in [0, 0.05) is 22.8 Å². The minimum absolute atomic E-state index is 0.674. The molecule has 0 bridgehead atoms. The summed E-state index contributed by atoms with van der Waals surface area (Å²) >= 11 is 5.29. The average Bonchev–Trinajstić information content (AvgIpc) is 2.77. The standard InChI is InChI=1S/C14H16BrNOS/c1-11-6-7-12(18-11)10-16-8-9-17-14-5-3-2-4-13(14)15/h2-7,16H,8-10H2,1H3. The zero-order valence-electron chi connectivity index (χ0n) is 10.3. The van der Waals surface area contributed by atoms with Gasteiger partial charge >= 0.3 is 0 Å². The lowest BCUT2D eigenvalue weighted by Gasteiger charge is -2.08. The molecule has 0 aliphatic rings. The number of nitrogens with one attached hydrogen (secondary N) is 1. The molecule has 0 aliphatic carbocycles. The van der Waals surface area contributed by atoms with Crippen molar-refractivity contribution in [3.8, 4) is 5.75 Å². The van der Waals surface area contributed by atoms with E-state index in [2.05, 4.69) is 40.3 Å². The topological polar surface area (TPSA) is 21.3 Å². The smallest absolute Gasteiger partial charge is 0.133 e. The molecule has 1 aromatic heterocycles. The molecule has 2 rings (SSSR count). The Labute approximate surface area is 120 Å². The van der Waals surface area contributed by atoms with Gasteiger partial charge < -0.3 is 10.1 Å². The Morgan fingerprint density at radius 1 is 1.22 bits per heavy atom. The Kier molecular flexibility index (Phi) is 5.23. The van der Waals surface area contributed by atoms with Crippen molar-refractivity contribution >= 4 is 27.3 Å². The zero-order chi connectivity index (χ0) is 12.8. The van der Waals surface area contributed by atoms with Gasteiger partial charge in [-0.25, -0.2) is 0 Å². The summed E-state index contributed by atoms with van der Waals surface area (Å²) in [7, 11) is 0. The fourth-order valence-corrected chi connectivity index (χ4v) is 2.85. The third kappa shape index (κ3) is 4.12. The van der Waals surface area contributed by atoms with Gasteiger partial charge in [-0.15, -0.1) is 11.3 Å². The largest absolute Gasteiger partial charge is 0.491 e. The highest BCUT2D eigenvalue weighted by molar-refractivity contribution is 9.10. The zero-order valence-corrected chi connectivity index (χ0v) is 12.7. The summed E-state index contributed by atoms with van der Waals surface area (Å²) in [6, 6.07) is 12.2. The maximum atomic E-state index is 5.67. The molecule has 2 aromatic rings. The van der Waals surface area contributed by atoms with Crippen LogP contribution in [0.25, 0.3) is 0 Å². The quantitative estimate of drug-likeness (QED) is 0.811. The van der Waals surface area contributed by atoms with Crippen LogP contribution in [0.3, 0.4) is 0 Å². The molecule has 1 aromatic carbocycles. The second-order valence-electron chi connectivity index (χ2n) is 3.97. The highest BCUT2D eigenvalue weighted by Gasteiger charge is 1.99. The molecule has 18 heavy (non-hydrogen) atoms. The lowest BCUT2D eigenvalue weighted by molar-refractivity contribution is 0.312. The Morgan fingerprint density at radius 2 is 2.06 bits per heavy atom. The van der Waals surface area contributed by atoms with Crippen LogP contribution in [0.1, 0.15) is 9.75 Å². The maximum absolute atomic E-state index is 5.67. The average molecular weight is 326 g/mol. The van der Waals surface area contributed by atoms with E-state index in [1.165, 1.54) is 9.75 Å². The summed E-state index contributed by atoms with van der Waals surface area (Å²) in [5, 5.41) is 3.37. The summed E-state index contributed by atoms with van der Waals surface area (Å²) in [6.07, 6.45) is 0. The molecule has 1 N–H and O–H groups in total. The SMILES string of the molecule is Cc1ccc(CNCCOc2ccccc2Br)s1. The van der Waals surface area contributed by atoms with E-state index < -0.39 is 0 Å². The van der Waals surface area contributed by atoms with Crippen LogP contribution in [0, 0.1) is 6.92 Å². The number of ether oxygens (including phenoxy) is 1. The van der Waals surface area contributed by atoms with Crippen molar-refractivity contribution < 1.29 is 4.74 Å². The molecular formula is C14H16BrNOS. The molecule has 0 atom stereocenters. The Bertz CT molecular complexity index is 498. The van der Waals surface area contributed by atoms with E-state index in [4.69, 9.17) is 4.74 Å². The molecule has 4 heteroatoms. The van der Waals surface area contributed by atoms with Crippen molar-refractivity contribution in [1.29, 1.82) is 0 Å². The summed E-state index contributed by atoms with van der Waals surface area (Å²) in [5.41, 5.74) is 0. The van der Waals surface area contributed by atoms with Crippen molar-refractivity contribution in [2.45, 2.75) is 13.5 Å². The lowest BCUT2D eigenvalue weighted by Crippen LogP contribution is -2.20. The second kappa shape index (κ2) is 6.92. The van der Waals surface area contributed by atoms with E-state index >= 15 is 0 Å². The van der Waals surface area contributed by atoms with Crippen LogP contribution in [0.15, 0.2) is 40.9 Å². The fourth-order valence-electron chi connectivity index (χ4n) is 1.59. The number of thiophene rings is 1. The Hall–Kier alpha value is -0.840. The van der Waals surface area contributed by atoms with Crippen molar-refractivity contribution in [3.63, 3.8) is 0 Å². The Morgan fingerprint density at radius 3 is 2.78 bits per heavy atom. The molecule has 0 amide bonds. The first kappa shape index (κ1) is 13.6. The second-order valence-corrected chi connectivity index (χ2v) is 6.19. The predicted octanol–water partition coefficient (Wildman–Crippen LogP) is 3.99. The molecule has 0 aliphatic heterocycles. The molecule has 1 heterocycles. The number of hydrogen-bond acceptors (Lipinski definition) is 3. The molecule has 0 fully saturated rings. The van der Waals surface area contributed by atoms with Gasteiger partial charge in [-0.05, 0) is 47.1 Å². The molecule has 0 radical (unpaired) electrons. The lowest BCUT2D eigenvalue weighted by atomic mass is 10.3. The number of para-hydroxylation sites is 1. The molecule has 0 saturated carbocycles. The van der Waals surface area contributed by atoms with Gasteiger partial charge in [-0.1, -0.05) is 12.1 Å². The van der Waals surface area contributed by atoms with Gasteiger partial charge in [0.1, 0.15) is 12.4 Å². The summed E-state index contributed by atoms with van der Waals surface area (Å²) in [6.45, 7) is 4.56. The first-order chi connectivity index (χ1) is 8.75. The van der Waals surface area contributed by atoms with Gasteiger partial charge in [-0.3, -0.25) is 0 Å². The summed E-state index contributed by atoms with van der Waals surface area (Å²) < 4.78 is 6.67. The third-order valence-corrected chi connectivity index (χ3v) is 4.12. The van der Waals surface area contributed by atoms with Crippen LogP contribution < -0.4 is 10.1 Å². The highest BCUT2D eigenvalue weighted by atomic mass is 79.9. The van der Waals surface area contributed by atoms with Crippen LogP contribution in [0.2, 0.25) is 0 Å². The van der Waals surface area contributed by atoms with Gasteiger partial charge in [0.2, 0.25) is 0 Å². The summed E-state index contributed by atoms with van der Waals surface area (Å²) in [5.74, 6) is 0.895. The van der Waals surface area contributed by atoms with Crippen molar-refractivity contribution in [2.75, 3.05) is 13.2 Å². The fraction of sp³-hybridized carbons (Fsp3) is 0.286. The van der Waals surface area contributed by atoms with Crippen LogP contribution in [0.5, 0.6) is 5.75 Å². The van der Waals surface area contributed by atoms with Crippen molar-refractivity contribution in [2.24, 2.45) is 0 Å². The van der Waals surface area contributed by atoms with Crippen LogP contribution in [0.4, 0.5) is 0 Å². The van der Waals surface area contributed by atoms with E-state index in [1.807, 2.05) is 35.6 Å². The van der Waals surface area contributed by atoms with Crippen LogP contribution in [-0.2, 0) is 6.54 Å². The maximum Gasteiger partial charge on any atom is 0.133 e. The van der Waals surface area contributed by atoms with Crippen molar-refractivity contribution in [1.82, 2.24) is 5.32 Å². The minimum Gasteiger partial charge on any atom is -0.491 e. The van der Waals surface area contributed by atoms with Crippen molar-refractivity contribution in [3.05, 3.63) is 50.6 Å². The molecule has 0 unspecified atom stereocenters.